The van der Waals surface area contributed by atoms with E-state index in [1.54, 1.807) is 0 Å². The molecule has 0 amide bonds. The molecule has 290 valence electrons. The fourth-order valence-electron chi connectivity index (χ4n) is 12.1. The molecular weight excluding hydrogens is 733 g/mol. The summed E-state index contributed by atoms with van der Waals surface area (Å²) in [5.41, 5.74) is 21.6. The first kappa shape index (κ1) is 35.0. The lowest BCUT2D eigenvalue weighted by molar-refractivity contribution is 0.649. The van der Waals surface area contributed by atoms with Crippen LogP contribution in [0.1, 0.15) is 74.9 Å². The number of hydrogen-bond acceptors (Lipinski definition) is 0. The van der Waals surface area contributed by atoms with Gasteiger partial charge in [-0.15, -0.1) is 0 Å². The van der Waals surface area contributed by atoms with Gasteiger partial charge in [0.05, 0.1) is 0 Å². The van der Waals surface area contributed by atoms with E-state index in [1.807, 2.05) is 0 Å². The average molecular weight is 779 g/mol. The van der Waals surface area contributed by atoms with Gasteiger partial charge < -0.3 is 0 Å². The fraction of sp³-hybridized carbons (Fsp3) is 0.148. The number of rotatable bonds is 2. The standard InChI is InChI=1S/C61H46/c1-59(2)51-33-49-53(60(3,4)55-29-45(41-19-11-13-21-43(41)57(49)55)39-25-23-35-15-7-9-17-37(35)27-39)31-47(51)48-32-54-50(34-52(48)59)58-44-22-14-12-20-42(44)46(30-56(58)61(54,5)6)40-26-24-36-16-8-10-18-38(36)28-40/h7-34H,1-6H3. The molecule has 0 unspecified atom stereocenters. The summed E-state index contributed by atoms with van der Waals surface area (Å²) in [6, 6.07) is 65.0. The smallest absolute Gasteiger partial charge is 0.0159 e. The van der Waals surface area contributed by atoms with Crippen molar-refractivity contribution in [1.82, 2.24) is 0 Å². The minimum atomic E-state index is -0.174. The zero-order valence-corrected chi connectivity index (χ0v) is 35.7. The van der Waals surface area contributed by atoms with Gasteiger partial charge in [-0.25, -0.2) is 0 Å². The van der Waals surface area contributed by atoms with Crippen LogP contribution in [0.4, 0.5) is 0 Å². The summed E-state index contributed by atoms with van der Waals surface area (Å²) in [5, 5.41) is 10.4. The van der Waals surface area contributed by atoms with Crippen LogP contribution in [-0.2, 0) is 16.2 Å². The quantitative estimate of drug-likeness (QED) is 0.164. The van der Waals surface area contributed by atoms with Crippen molar-refractivity contribution in [3.05, 3.63) is 203 Å². The number of hydrogen-bond donors (Lipinski definition) is 0. The highest BCUT2D eigenvalue weighted by atomic mass is 14.5. The molecule has 3 aliphatic carbocycles. The van der Waals surface area contributed by atoms with Crippen molar-refractivity contribution in [2.24, 2.45) is 0 Å². The zero-order valence-electron chi connectivity index (χ0n) is 35.7. The zero-order chi connectivity index (χ0) is 41.2. The van der Waals surface area contributed by atoms with Gasteiger partial charge in [0, 0.05) is 16.2 Å². The normalized spacial score (nSPS) is 15.8. The predicted molar refractivity (Wildman–Crippen MR) is 260 cm³/mol. The molecule has 0 saturated heterocycles. The van der Waals surface area contributed by atoms with E-state index >= 15 is 0 Å². The van der Waals surface area contributed by atoms with Crippen LogP contribution >= 0.6 is 0 Å². The van der Waals surface area contributed by atoms with Gasteiger partial charge in [0.25, 0.3) is 0 Å². The Morgan fingerprint density at radius 2 is 0.557 bits per heavy atom. The van der Waals surface area contributed by atoms with Gasteiger partial charge in [0.1, 0.15) is 0 Å². The van der Waals surface area contributed by atoms with Crippen LogP contribution in [-0.4, -0.2) is 0 Å². The molecule has 0 aromatic heterocycles. The van der Waals surface area contributed by atoms with Crippen molar-refractivity contribution in [3.63, 3.8) is 0 Å². The molecular formula is C61H46. The Kier molecular flexibility index (Phi) is 6.74. The Labute approximate surface area is 358 Å². The Hall–Kier alpha value is -6.76. The first-order valence-corrected chi connectivity index (χ1v) is 22.0. The summed E-state index contributed by atoms with van der Waals surface area (Å²) in [7, 11) is 0. The van der Waals surface area contributed by atoms with Crippen LogP contribution in [0.5, 0.6) is 0 Å². The lowest BCUT2D eigenvalue weighted by atomic mass is 9.78. The third kappa shape index (κ3) is 4.55. The number of benzene rings is 10. The molecule has 0 aliphatic heterocycles. The summed E-state index contributed by atoms with van der Waals surface area (Å²) in [6.45, 7) is 14.7. The third-order valence-electron chi connectivity index (χ3n) is 15.4. The molecule has 0 nitrogen and oxygen atoms in total. The highest BCUT2D eigenvalue weighted by molar-refractivity contribution is 6.12. The van der Waals surface area contributed by atoms with E-state index in [0.717, 1.165) is 0 Å². The molecule has 0 fully saturated rings. The highest BCUT2D eigenvalue weighted by Crippen LogP contribution is 2.61. The maximum Gasteiger partial charge on any atom is 0.0159 e. The number of fused-ring (bicyclic) bond motifs is 15. The maximum atomic E-state index is 2.59. The van der Waals surface area contributed by atoms with Crippen LogP contribution in [0.25, 0.3) is 98.7 Å². The first-order valence-electron chi connectivity index (χ1n) is 22.0. The van der Waals surface area contributed by atoms with Gasteiger partial charge >= 0.3 is 0 Å². The minimum Gasteiger partial charge on any atom is -0.0616 e. The van der Waals surface area contributed by atoms with Gasteiger partial charge in [0.2, 0.25) is 0 Å². The van der Waals surface area contributed by atoms with E-state index in [4.69, 9.17) is 0 Å². The van der Waals surface area contributed by atoms with E-state index in [1.165, 1.54) is 132 Å². The Balaban J connectivity index is 0.993. The minimum absolute atomic E-state index is 0.170. The van der Waals surface area contributed by atoms with Crippen LogP contribution < -0.4 is 0 Å². The van der Waals surface area contributed by atoms with Crippen molar-refractivity contribution in [2.75, 3.05) is 0 Å². The molecule has 0 atom stereocenters. The maximum absolute atomic E-state index is 2.59. The molecule has 0 radical (unpaired) electrons. The second kappa shape index (κ2) is 11.7. The summed E-state index contributed by atoms with van der Waals surface area (Å²) in [5.74, 6) is 0. The molecule has 10 aromatic rings. The van der Waals surface area contributed by atoms with Crippen molar-refractivity contribution in [1.29, 1.82) is 0 Å². The lowest BCUT2D eigenvalue weighted by Crippen LogP contribution is -2.17. The van der Waals surface area contributed by atoms with Crippen LogP contribution in [0.2, 0.25) is 0 Å². The highest BCUT2D eigenvalue weighted by Gasteiger charge is 2.45. The predicted octanol–water partition coefficient (Wildman–Crippen LogP) is 16.6. The van der Waals surface area contributed by atoms with E-state index in [-0.39, 0.29) is 16.2 Å². The largest absolute Gasteiger partial charge is 0.0616 e. The SMILES string of the molecule is CC1(C)c2cc3c(cc2-c2cc4c(cc21)-c1c(cc(-c2ccc5ccccc5c2)c2ccccc12)C4(C)C)C(C)(C)c1cc(-c2ccc4ccccc4c2)c2ccccc2c1-3. The van der Waals surface area contributed by atoms with Crippen molar-refractivity contribution < 1.29 is 0 Å². The third-order valence-corrected chi connectivity index (χ3v) is 15.4. The van der Waals surface area contributed by atoms with Gasteiger partial charge in [-0.2, -0.15) is 0 Å². The Morgan fingerprint density at radius 1 is 0.246 bits per heavy atom. The van der Waals surface area contributed by atoms with Crippen molar-refractivity contribution in [3.8, 4) is 55.6 Å². The second-order valence-electron chi connectivity index (χ2n) is 19.7. The summed E-state index contributed by atoms with van der Waals surface area (Å²) >= 11 is 0. The van der Waals surface area contributed by atoms with E-state index in [9.17, 15) is 0 Å². The second-order valence-corrected chi connectivity index (χ2v) is 19.7. The van der Waals surface area contributed by atoms with Gasteiger partial charge in [-0.3, -0.25) is 0 Å². The van der Waals surface area contributed by atoms with Crippen molar-refractivity contribution >= 4 is 43.1 Å². The molecule has 61 heavy (non-hydrogen) atoms. The van der Waals surface area contributed by atoms with E-state index in [0.29, 0.717) is 0 Å². The van der Waals surface area contributed by atoms with E-state index in [2.05, 4.69) is 211 Å². The molecule has 0 heteroatoms. The molecule has 3 aliphatic rings. The first-order chi connectivity index (χ1) is 29.5. The lowest BCUT2D eigenvalue weighted by Gasteiger charge is -2.25. The molecule has 10 aromatic carbocycles. The van der Waals surface area contributed by atoms with Crippen LogP contribution in [0.3, 0.4) is 0 Å². The Bertz CT molecular complexity index is 3370. The molecule has 0 N–H and O–H groups in total. The topological polar surface area (TPSA) is 0 Å². The fourth-order valence-corrected chi connectivity index (χ4v) is 12.1. The molecule has 0 bridgehead atoms. The van der Waals surface area contributed by atoms with Crippen LogP contribution in [0, 0.1) is 0 Å². The van der Waals surface area contributed by atoms with Gasteiger partial charge in [-0.1, -0.05) is 163 Å². The molecule has 0 saturated carbocycles. The monoisotopic (exact) mass is 778 g/mol. The summed E-state index contributed by atoms with van der Waals surface area (Å²) in [4.78, 5) is 0. The van der Waals surface area contributed by atoms with Gasteiger partial charge in [-0.05, 0) is 181 Å². The molecule has 13 rings (SSSR count). The summed E-state index contributed by atoms with van der Waals surface area (Å²) < 4.78 is 0. The van der Waals surface area contributed by atoms with Gasteiger partial charge in [0.15, 0.2) is 0 Å². The molecule has 0 heterocycles. The van der Waals surface area contributed by atoms with Crippen molar-refractivity contribution in [2.45, 2.75) is 57.8 Å². The van der Waals surface area contributed by atoms with E-state index < -0.39 is 0 Å². The van der Waals surface area contributed by atoms with Crippen LogP contribution in [0.15, 0.2) is 170 Å². The average Bonchev–Trinajstić information content (AvgIpc) is 3.75. The summed E-state index contributed by atoms with van der Waals surface area (Å²) in [6.07, 6.45) is 0. The Morgan fingerprint density at radius 3 is 0.984 bits per heavy atom. The molecule has 0 spiro atoms.